The Morgan fingerprint density at radius 2 is 1.87 bits per heavy atom. The van der Waals surface area contributed by atoms with Crippen molar-refractivity contribution in [3.8, 4) is 5.75 Å². The van der Waals surface area contributed by atoms with E-state index >= 15 is 0 Å². The molecule has 0 radical (unpaired) electrons. The maximum atomic E-state index is 10.2. The topological polar surface area (TPSA) is 60.7 Å². The van der Waals surface area contributed by atoms with Gasteiger partial charge in [-0.05, 0) is 41.2 Å². The molecule has 23 heavy (non-hydrogen) atoms. The number of phenolic OH excluding ortho intramolecular Hbond substituents is 1. The molecule has 0 saturated heterocycles. The molecule has 128 valence electrons. The van der Waals surface area contributed by atoms with Crippen LogP contribution in [0.1, 0.15) is 52.2 Å². The van der Waals surface area contributed by atoms with E-state index in [0.29, 0.717) is 23.4 Å². The zero-order chi connectivity index (χ0) is 17.6. The third kappa shape index (κ3) is 6.40. The Morgan fingerprint density at radius 3 is 2.39 bits per heavy atom. The molecule has 0 aliphatic rings. The van der Waals surface area contributed by atoms with Gasteiger partial charge in [-0.2, -0.15) is 0 Å². The number of hydrogen-bond donors (Lipinski definition) is 3. The summed E-state index contributed by atoms with van der Waals surface area (Å²) in [5.41, 5.74) is 4.83. The first-order chi connectivity index (χ1) is 10.7. The highest BCUT2D eigenvalue weighted by atomic mass is 35.5. The van der Waals surface area contributed by atoms with Gasteiger partial charge in [0.05, 0.1) is 17.2 Å². The molecule has 0 fully saturated rings. The molecule has 0 heterocycles. The smallest absolute Gasteiger partial charge is 0.117 e. The highest BCUT2D eigenvalue weighted by molar-refractivity contribution is 6.31. The van der Waals surface area contributed by atoms with Gasteiger partial charge in [0.2, 0.25) is 0 Å². The van der Waals surface area contributed by atoms with Crippen molar-refractivity contribution in [2.45, 2.75) is 52.7 Å². The van der Waals surface area contributed by atoms with Crippen LogP contribution in [0.3, 0.4) is 0 Å². The van der Waals surface area contributed by atoms with Crippen LogP contribution in [0.2, 0.25) is 5.02 Å². The van der Waals surface area contributed by atoms with E-state index in [-0.39, 0.29) is 23.7 Å². The molecule has 0 spiro atoms. The van der Waals surface area contributed by atoms with Crippen LogP contribution in [0.4, 0.5) is 0 Å². The van der Waals surface area contributed by atoms with Crippen LogP contribution < -0.4 is 0 Å². The molecule has 0 bridgehead atoms. The zero-order valence-electron chi connectivity index (χ0n) is 14.3. The lowest BCUT2D eigenvalue weighted by Crippen LogP contribution is -2.16. The molecule has 3 N–H and O–H groups in total. The molecule has 1 rings (SSSR count). The first-order valence-electron chi connectivity index (χ1n) is 8.00. The third-order valence-electron chi connectivity index (χ3n) is 3.87. The summed E-state index contributed by atoms with van der Waals surface area (Å²) in [6.45, 7) is 8.11. The summed E-state index contributed by atoms with van der Waals surface area (Å²) in [7, 11) is 0. The molecule has 0 aliphatic heterocycles. The minimum atomic E-state index is -0.751. The summed E-state index contributed by atoms with van der Waals surface area (Å²) < 4.78 is 0. The van der Waals surface area contributed by atoms with Gasteiger partial charge in [0.1, 0.15) is 5.75 Å². The fraction of sp³-hybridized carbons (Fsp3) is 0.526. The van der Waals surface area contributed by atoms with Gasteiger partial charge >= 0.3 is 0 Å². The minimum absolute atomic E-state index is 0.0751. The van der Waals surface area contributed by atoms with Gasteiger partial charge in [0.15, 0.2) is 0 Å². The van der Waals surface area contributed by atoms with Gasteiger partial charge in [-0.1, -0.05) is 45.4 Å². The normalized spacial score (nSPS) is 13.8. The predicted molar refractivity (Wildman–Crippen MR) is 94.6 cm³/mol. The second-order valence-electron chi connectivity index (χ2n) is 6.50. The molecule has 0 amide bonds. The first kappa shape index (κ1) is 19.8. The molecule has 2 atom stereocenters. The third-order valence-corrected chi connectivity index (χ3v) is 4.19. The largest absolute Gasteiger partial charge is 0.508 e. The van der Waals surface area contributed by atoms with Gasteiger partial charge in [-0.3, -0.25) is 0 Å². The highest BCUT2D eigenvalue weighted by Crippen LogP contribution is 2.28. The Labute approximate surface area is 143 Å². The number of hydrogen-bond acceptors (Lipinski definition) is 3. The number of aromatic hydroxyl groups is 1. The number of benzene rings is 1. The summed E-state index contributed by atoms with van der Waals surface area (Å²) >= 11 is 6.03. The van der Waals surface area contributed by atoms with E-state index < -0.39 is 6.10 Å². The second kappa shape index (κ2) is 9.14. The number of phenols is 1. The average molecular weight is 339 g/mol. The number of rotatable bonds is 7. The van der Waals surface area contributed by atoms with Crippen LogP contribution >= 0.6 is 11.6 Å². The fourth-order valence-corrected chi connectivity index (χ4v) is 2.44. The minimum Gasteiger partial charge on any atom is -0.508 e. The Bertz CT molecular complexity index is 572. The SMILES string of the molecule is CC(C)C(=C=CC[C@@H](O)c1ccc(O)cc1Cl)C[C@@H](O)C(C)C. The van der Waals surface area contributed by atoms with Gasteiger partial charge < -0.3 is 15.3 Å². The van der Waals surface area contributed by atoms with Crippen molar-refractivity contribution in [1.82, 2.24) is 0 Å². The molecular formula is C19H27ClO3. The molecule has 0 unspecified atom stereocenters. The Hall–Kier alpha value is -1.25. The number of aliphatic hydroxyl groups excluding tert-OH is 2. The lowest BCUT2D eigenvalue weighted by molar-refractivity contribution is 0.123. The van der Waals surface area contributed by atoms with Crippen LogP contribution in [0.5, 0.6) is 5.75 Å². The van der Waals surface area contributed by atoms with Gasteiger partial charge in [-0.15, -0.1) is 5.73 Å². The number of halogens is 1. The number of aliphatic hydroxyl groups is 2. The van der Waals surface area contributed by atoms with E-state index in [0.717, 1.165) is 5.57 Å². The van der Waals surface area contributed by atoms with Crippen molar-refractivity contribution in [3.05, 3.63) is 46.2 Å². The molecule has 0 aromatic heterocycles. The van der Waals surface area contributed by atoms with Crippen LogP contribution in [0.25, 0.3) is 0 Å². The van der Waals surface area contributed by atoms with E-state index in [1.54, 1.807) is 12.1 Å². The van der Waals surface area contributed by atoms with E-state index in [9.17, 15) is 15.3 Å². The van der Waals surface area contributed by atoms with Crippen molar-refractivity contribution in [2.24, 2.45) is 11.8 Å². The van der Waals surface area contributed by atoms with E-state index in [2.05, 4.69) is 19.6 Å². The maximum Gasteiger partial charge on any atom is 0.117 e. The molecule has 4 heteroatoms. The lowest BCUT2D eigenvalue weighted by atomic mass is 9.93. The monoisotopic (exact) mass is 338 g/mol. The Morgan fingerprint density at radius 1 is 1.22 bits per heavy atom. The second-order valence-corrected chi connectivity index (χ2v) is 6.91. The van der Waals surface area contributed by atoms with Crippen LogP contribution in [0.15, 0.2) is 35.6 Å². The van der Waals surface area contributed by atoms with E-state index in [1.807, 2.05) is 13.8 Å². The van der Waals surface area contributed by atoms with Crippen LogP contribution in [-0.2, 0) is 0 Å². The zero-order valence-corrected chi connectivity index (χ0v) is 15.0. The lowest BCUT2D eigenvalue weighted by Gasteiger charge is -2.17. The van der Waals surface area contributed by atoms with Crippen molar-refractivity contribution in [1.29, 1.82) is 0 Å². The van der Waals surface area contributed by atoms with Crippen molar-refractivity contribution in [3.63, 3.8) is 0 Å². The molecule has 1 aromatic rings. The Kier molecular flexibility index (Phi) is 7.87. The van der Waals surface area contributed by atoms with E-state index in [4.69, 9.17) is 11.6 Å². The maximum absolute atomic E-state index is 10.2. The predicted octanol–water partition coefficient (Wildman–Crippen LogP) is 4.61. The van der Waals surface area contributed by atoms with Gasteiger partial charge in [-0.25, -0.2) is 0 Å². The summed E-state index contributed by atoms with van der Waals surface area (Å²) in [6, 6.07) is 4.53. The Balaban J connectivity index is 2.83. The van der Waals surface area contributed by atoms with Gasteiger partial charge in [0, 0.05) is 12.8 Å². The van der Waals surface area contributed by atoms with Crippen molar-refractivity contribution >= 4 is 11.6 Å². The van der Waals surface area contributed by atoms with Crippen LogP contribution in [0, 0.1) is 11.8 Å². The fourth-order valence-electron chi connectivity index (χ4n) is 2.14. The average Bonchev–Trinajstić information content (AvgIpc) is 2.45. The van der Waals surface area contributed by atoms with Crippen molar-refractivity contribution in [2.75, 3.05) is 0 Å². The highest BCUT2D eigenvalue weighted by Gasteiger charge is 2.14. The molecular weight excluding hydrogens is 312 g/mol. The van der Waals surface area contributed by atoms with E-state index in [1.165, 1.54) is 12.1 Å². The summed E-state index contributed by atoms with van der Waals surface area (Å²) in [5, 5.41) is 29.9. The van der Waals surface area contributed by atoms with Gasteiger partial charge in [0.25, 0.3) is 0 Å². The molecule has 3 nitrogen and oxygen atoms in total. The summed E-state index contributed by atoms with van der Waals surface area (Å²) in [6.07, 6.45) is 1.61. The summed E-state index contributed by atoms with van der Waals surface area (Å²) in [4.78, 5) is 0. The van der Waals surface area contributed by atoms with Crippen LogP contribution in [-0.4, -0.2) is 21.4 Å². The quantitative estimate of drug-likeness (QED) is 0.636. The molecule has 0 aliphatic carbocycles. The standard InChI is InChI=1S/C19H27ClO3/c1-12(2)14(10-19(23)13(3)4)6-5-7-18(22)16-9-8-15(21)11-17(16)20/h5,8-9,11-13,18-19,21-23H,7,10H2,1-4H3/t6?,18-,19-/m1/s1. The molecule has 0 saturated carbocycles. The summed E-state index contributed by atoms with van der Waals surface area (Å²) in [5.74, 6) is 0.562. The van der Waals surface area contributed by atoms with Crippen molar-refractivity contribution < 1.29 is 15.3 Å². The first-order valence-corrected chi connectivity index (χ1v) is 8.38. The molecule has 1 aromatic carbocycles.